The Morgan fingerprint density at radius 2 is 2.39 bits per heavy atom. The first-order valence-electron chi connectivity index (χ1n) is 5.50. The Morgan fingerprint density at radius 3 is 3.17 bits per heavy atom. The van der Waals surface area contributed by atoms with Crippen molar-refractivity contribution in [3.63, 3.8) is 0 Å². The molecule has 3 aromatic heterocycles. The van der Waals surface area contributed by atoms with E-state index in [1.54, 1.807) is 17.5 Å². The van der Waals surface area contributed by atoms with Crippen molar-refractivity contribution in [1.29, 1.82) is 0 Å². The number of nitrogens with one attached hydrogen (secondary N) is 1. The first-order valence-corrected chi connectivity index (χ1v) is 7.17. The van der Waals surface area contributed by atoms with E-state index >= 15 is 0 Å². The van der Waals surface area contributed by atoms with Crippen LogP contribution >= 0.6 is 27.3 Å². The second kappa shape index (κ2) is 4.70. The van der Waals surface area contributed by atoms with E-state index in [1.165, 1.54) is 10.4 Å². The summed E-state index contributed by atoms with van der Waals surface area (Å²) < 4.78 is 2.74. The van der Waals surface area contributed by atoms with Gasteiger partial charge in [0.1, 0.15) is 4.60 Å². The van der Waals surface area contributed by atoms with Crippen LogP contribution in [-0.4, -0.2) is 14.4 Å². The van der Waals surface area contributed by atoms with Crippen LogP contribution in [0.1, 0.15) is 10.4 Å². The molecule has 0 aliphatic heterocycles. The van der Waals surface area contributed by atoms with E-state index in [-0.39, 0.29) is 0 Å². The van der Waals surface area contributed by atoms with E-state index in [0.717, 1.165) is 22.6 Å². The third kappa shape index (κ3) is 2.13. The van der Waals surface area contributed by atoms with Crippen LogP contribution < -0.4 is 5.32 Å². The molecule has 0 bridgehead atoms. The number of thiophene rings is 1. The molecule has 0 saturated carbocycles. The molecule has 0 radical (unpaired) electrons. The third-order valence-electron chi connectivity index (χ3n) is 2.73. The minimum absolute atomic E-state index is 0.773. The maximum atomic E-state index is 4.43. The highest BCUT2D eigenvalue weighted by Gasteiger charge is 2.07. The normalized spacial score (nSPS) is 11.0. The summed E-state index contributed by atoms with van der Waals surface area (Å²) in [4.78, 5) is 10.1. The Morgan fingerprint density at radius 1 is 1.50 bits per heavy atom. The van der Waals surface area contributed by atoms with Gasteiger partial charge in [0.2, 0.25) is 0 Å². The van der Waals surface area contributed by atoms with Crippen molar-refractivity contribution >= 4 is 38.7 Å². The zero-order valence-electron chi connectivity index (χ0n) is 9.72. The average Bonchev–Trinajstić information content (AvgIpc) is 2.94. The van der Waals surface area contributed by atoms with Crippen LogP contribution in [0.5, 0.6) is 0 Å². The molecular formula is C12H11BrN4S. The van der Waals surface area contributed by atoms with Crippen LogP contribution in [-0.2, 0) is 6.54 Å². The predicted molar refractivity (Wildman–Crippen MR) is 77.1 cm³/mol. The monoisotopic (exact) mass is 322 g/mol. The van der Waals surface area contributed by atoms with E-state index < -0.39 is 0 Å². The zero-order valence-corrected chi connectivity index (χ0v) is 12.1. The number of imidazole rings is 1. The highest BCUT2D eigenvalue weighted by Crippen LogP contribution is 2.20. The Bertz CT molecular complexity index is 688. The molecule has 0 fully saturated rings. The van der Waals surface area contributed by atoms with Gasteiger partial charge < -0.3 is 9.72 Å². The minimum atomic E-state index is 0.773. The number of hydrogen-bond donors (Lipinski definition) is 1. The van der Waals surface area contributed by atoms with Gasteiger partial charge in [-0.15, -0.1) is 11.3 Å². The quantitative estimate of drug-likeness (QED) is 0.802. The number of aromatic nitrogens is 3. The highest BCUT2D eigenvalue weighted by molar-refractivity contribution is 9.10. The zero-order chi connectivity index (χ0) is 12.5. The molecule has 0 saturated heterocycles. The lowest BCUT2D eigenvalue weighted by atomic mass is 10.3. The third-order valence-corrected chi connectivity index (χ3v) is 4.13. The van der Waals surface area contributed by atoms with Crippen molar-refractivity contribution in [2.24, 2.45) is 0 Å². The first kappa shape index (κ1) is 11.7. The molecule has 0 aromatic carbocycles. The fourth-order valence-electron chi connectivity index (χ4n) is 1.77. The second-order valence-corrected chi connectivity index (χ2v) is 5.76. The van der Waals surface area contributed by atoms with Crippen molar-refractivity contribution in [2.45, 2.75) is 13.5 Å². The Hall–Kier alpha value is -1.40. The molecule has 3 aromatic rings. The predicted octanol–water partition coefficient (Wildman–Crippen LogP) is 3.47. The van der Waals surface area contributed by atoms with Gasteiger partial charge in [0.05, 0.1) is 6.54 Å². The van der Waals surface area contributed by atoms with Crippen molar-refractivity contribution in [3.8, 4) is 0 Å². The van der Waals surface area contributed by atoms with Crippen LogP contribution in [0, 0.1) is 6.92 Å². The standard InChI is InChI=1S/C12H11BrN4S/c1-8-2-5-18-9(8)6-15-11-12-14-3-4-17(12)7-10(13)16-11/h2-5,7H,6H2,1H3,(H,15,16). The molecule has 0 aliphatic rings. The molecule has 0 unspecified atom stereocenters. The number of aryl methyl sites for hydroxylation is 1. The van der Waals surface area contributed by atoms with Gasteiger partial charge in [-0.25, -0.2) is 9.97 Å². The molecule has 4 nitrogen and oxygen atoms in total. The van der Waals surface area contributed by atoms with Gasteiger partial charge in [-0.2, -0.15) is 0 Å². The fourth-order valence-corrected chi connectivity index (χ4v) is 3.01. The molecule has 0 amide bonds. The van der Waals surface area contributed by atoms with E-state index in [0.29, 0.717) is 0 Å². The lowest BCUT2D eigenvalue weighted by Gasteiger charge is -2.07. The second-order valence-electron chi connectivity index (χ2n) is 3.95. The Kier molecular flexibility index (Phi) is 3.05. The van der Waals surface area contributed by atoms with Gasteiger partial charge in [-0.05, 0) is 39.9 Å². The summed E-state index contributed by atoms with van der Waals surface area (Å²) in [6.45, 7) is 2.89. The van der Waals surface area contributed by atoms with Gasteiger partial charge >= 0.3 is 0 Å². The summed E-state index contributed by atoms with van der Waals surface area (Å²) in [6.07, 6.45) is 5.57. The summed E-state index contributed by atoms with van der Waals surface area (Å²) in [6, 6.07) is 2.13. The number of fused-ring (bicyclic) bond motifs is 1. The largest absolute Gasteiger partial charge is 0.362 e. The van der Waals surface area contributed by atoms with Gasteiger partial charge in [0, 0.05) is 23.5 Å². The number of hydrogen-bond acceptors (Lipinski definition) is 4. The van der Waals surface area contributed by atoms with E-state index in [9.17, 15) is 0 Å². The SMILES string of the molecule is Cc1ccsc1CNc1nc(Br)cn2ccnc12. The summed E-state index contributed by atoms with van der Waals surface area (Å²) in [5.74, 6) is 0.794. The van der Waals surface area contributed by atoms with Gasteiger partial charge in [-0.3, -0.25) is 0 Å². The van der Waals surface area contributed by atoms with Gasteiger partial charge in [-0.1, -0.05) is 0 Å². The molecule has 1 N–H and O–H groups in total. The number of nitrogens with zero attached hydrogens (tertiary/aromatic N) is 3. The minimum Gasteiger partial charge on any atom is -0.362 e. The number of anilines is 1. The number of halogens is 1. The molecule has 3 heterocycles. The summed E-state index contributed by atoms with van der Waals surface area (Å²) in [7, 11) is 0. The van der Waals surface area contributed by atoms with Gasteiger partial charge in [0.25, 0.3) is 0 Å². The van der Waals surface area contributed by atoms with Crippen molar-refractivity contribution in [1.82, 2.24) is 14.4 Å². The molecule has 6 heteroatoms. The Balaban J connectivity index is 1.90. The molecule has 3 rings (SSSR count). The highest BCUT2D eigenvalue weighted by atomic mass is 79.9. The van der Waals surface area contributed by atoms with E-state index in [4.69, 9.17) is 0 Å². The van der Waals surface area contributed by atoms with Gasteiger partial charge in [0.15, 0.2) is 11.5 Å². The fraction of sp³-hybridized carbons (Fsp3) is 0.167. The Labute approximate surface area is 117 Å². The topological polar surface area (TPSA) is 42.2 Å². The van der Waals surface area contributed by atoms with E-state index in [1.807, 2.05) is 16.8 Å². The molecule has 0 aliphatic carbocycles. The molecular weight excluding hydrogens is 312 g/mol. The van der Waals surface area contributed by atoms with Crippen LogP contribution in [0.3, 0.4) is 0 Å². The maximum absolute atomic E-state index is 4.43. The first-order chi connectivity index (χ1) is 8.74. The number of rotatable bonds is 3. The lowest BCUT2D eigenvalue weighted by molar-refractivity contribution is 1.06. The van der Waals surface area contributed by atoms with E-state index in [2.05, 4.69) is 49.6 Å². The van der Waals surface area contributed by atoms with Crippen LogP contribution in [0.4, 0.5) is 5.82 Å². The smallest absolute Gasteiger partial charge is 0.180 e. The lowest BCUT2D eigenvalue weighted by Crippen LogP contribution is -2.03. The maximum Gasteiger partial charge on any atom is 0.180 e. The molecule has 0 spiro atoms. The van der Waals surface area contributed by atoms with Crippen LogP contribution in [0.25, 0.3) is 5.65 Å². The summed E-state index contributed by atoms with van der Waals surface area (Å²) in [5.41, 5.74) is 2.15. The van der Waals surface area contributed by atoms with Crippen molar-refractivity contribution in [2.75, 3.05) is 5.32 Å². The summed E-state index contributed by atoms with van der Waals surface area (Å²) in [5, 5.41) is 5.45. The molecule has 18 heavy (non-hydrogen) atoms. The summed E-state index contributed by atoms with van der Waals surface area (Å²) >= 11 is 5.16. The van der Waals surface area contributed by atoms with Crippen LogP contribution in [0.2, 0.25) is 0 Å². The van der Waals surface area contributed by atoms with Crippen molar-refractivity contribution in [3.05, 3.63) is 45.1 Å². The van der Waals surface area contributed by atoms with Crippen LogP contribution in [0.15, 0.2) is 34.6 Å². The average molecular weight is 323 g/mol. The van der Waals surface area contributed by atoms with Crippen molar-refractivity contribution < 1.29 is 0 Å². The molecule has 92 valence electrons. The molecule has 0 atom stereocenters.